The lowest BCUT2D eigenvalue weighted by Gasteiger charge is -2.23. The van der Waals surface area contributed by atoms with Crippen LogP contribution in [0, 0.1) is 0 Å². The van der Waals surface area contributed by atoms with Crippen molar-refractivity contribution < 1.29 is 14.7 Å². The predicted molar refractivity (Wildman–Crippen MR) is 66.1 cm³/mol. The zero-order chi connectivity index (χ0) is 13.1. The van der Waals surface area contributed by atoms with Crippen molar-refractivity contribution in [2.45, 2.75) is 18.9 Å². The molecule has 0 radical (unpaired) electrons. The van der Waals surface area contributed by atoms with Crippen molar-refractivity contribution in [2.24, 2.45) is 5.73 Å². The molecule has 1 heterocycles. The zero-order valence-corrected chi connectivity index (χ0v) is 10.0. The standard InChI is InChI=1S/C13H16N2O3/c14-12(17)9-3-5-10(6-4-9)13(18)15-7-1-2-11(15)8-16/h3-6,11,16H,1-2,7-8H2,(H2,14,17). The van der Waals surface area contributed by atoms with Gasteiger partial charge in [0.05, 0.1) is 12.6 Å². The number of aliphatic hydroxyl groups is 1. The van der Waals surface area contributed by atoms with Gasteiger partial charge < -0.3 is 15.7 Å². The molecular formula is C13H16N2O3. The highest BCUT2D eigenvalue weighted by Gasteiger charge is 2.28. The Bertz CT molecular complexity index is 456. The van der Waals surface area contributed by atoms with Gasteiger partial charge in [-0.3, -0.25) is 9.59 Å². The van der Waals surface area contributed by atoms with Gasteiger partial charge in [0, 0.05) is 17.7 Å². The predicted octanol–water partition coefficient (Wildman–Crippen LogP) is 0.382. The maximum absolute atomic E-state index is 12.2. The van der Waals surface area contributed by atoms with Crippen LogP contribution in [0.5, 0.6) is 0 Å². The molecule has 1 aliphatic heterocycles. The second kappa shape index (κ2) is 5.18. The van der Waals surface area contributed by atoms with Crippen LogP contribution in [0.3, 0.4) is 0 Å². The SMILES string of the molecule is NC(=O)c1ccc(C(=O)N2CCCC2CO)cc1. The summed E-state index contributed by atoms with van der Waals surface area (Å²) in [5.74, 6) is -0.619. The quantitative estimate of drug-likeness (QED) is 0.811. The summed E-state index contributed by atoms with van der Waals surface area (Å²) in [6.07, 6.45) is 1.75. The van der Waals surface area contributed by atoms with Crippen LogP contribution in [0.2, 0.25) is 0 Å². The first-order chi connectivity index (χ1) is 8.63. The lowest BCUT2D eigenvalue weighted by molar-refractivity contribution is 0.0677. The fraction of sp³-hybridized carbons (Fsp3) is 0.385. The minimum atomic E-state index is -0.511. The van der Waals surface area contributed by atoms with Gasteiger partial charge in [0.1, 0.15) is 0 Å². The summed E-state index contributed by atoms with van der Waals surface area (Å²) in [5, 5.41) is 9.19. The fourth-order valence-electron chi connectivity index (χ4n) is 2.24. The highest BCUT2D eigenvalue weighted by molar-refractivity contribution is 5.97. The zero-order valence-electron chi connectivity index (χ0n) is 10.0. The third-order valence-electron chi connectivity index (χ3n) is 3.27. The van der Waals surface area contributed by atoms with E-state index in [0.29, 0.717) is 17.7 Å². The van der Waals surface area contributed by atoms with E-state index >= 15 is 0 Å². The van der Waals surface area contributed by atoms with Crippen LogP contribution in [0.25, 0.3) is 0 Å². The topological polar surface area (TPSA) is 83.6 Å². The summed E-state index contributed by atoms with van der Waals surface area (Å²) in [7, 11) is 0. The molecular weight excluding hydrogens is 232 g/mol. The van der Waals surface area contributed by atoms with Crippen molar-refractivity contribution in [1.29, 1.82) is 0 Å². The molecule has 96 valence electrons. The molecule has 5 nitrogen and oxygen atoms in total. The van der Waals surface area contributed by atoms with Crippen LogP contribution in [0.1, 0.15) is 33.6 Å². The van der Waals surface area contributed by atoms with Crippen LogP contribution < -0.4 is 5.73 Å². The molecule has 1 unspecified atom stereocenters. The molecule has 5 heteroatoms. The number of nitrogens with zero attached hydrogens (tertiary/aromatic N) is 1. The number of benzene rings is 1. The highest BCUT2D eigenvalue weighted by atomic mass is 16.3. The van der Waals surface area contributed by atoms with Crippen molar-refractivity contribution in [2.75, 3.05) is 13.2 Å². The van der Waals surface area contributed by atoms with E-state index < -0.39 is 5.91 Å². The van der Waals surface area contributed by atoms with Crippen molar-refractivity contribution in [3.05, 3.63) is 35.4 Å². The van der Waals surface area contributed by atoms with Crippen LogP contribution in [-0.4, -0.2) is 41.0 Å². The number of primary amides is 1. The summed E-state index contributed by atoms with van der Waals surface area (Å²) in [6, 6.07) is 6.18. The van der Waals surface area contributed by atoms with E-state index in [2.05, 4.69) is 0 Å². The van der Waals surface area contributed by atoms with Gasteiger partial charge in [-0.15, -0.1) is 0 Å². The molecule has 3 N–H and O–H groups in total. The number of rotatable bonds is 3. The molecule has 1 aromatic rings. The third-order valence-corrected chi connectivity index (χ3v) is 3.27. The van der Waals surface area contributed by atoms with E-state index in [1.165, 1.54) is 0 Å². The molecule has 1 aromatic carbocycles. The average molecular weight is 248 g/mol. The number of nitrogens with two attached hydrogens (primary N) is 1. The Morgan fingerprint density at radius 3 is 2.44 bits per heavy atom. The first kappa shape index (κ1) is 12.6. The first-order valence-electron chi connectivity index (χ1n) is 5.95. The molecule has 0 aromatic heterocycles. The van der Waals surface area contributed by atoms with Crippen molar-refractivity contribution in [1.82, 2.24) is 4.90 Å². The molecule has 1 saturated heterocycles. The maximum Gasteiger partial charge on any atom is 0.254 e. The van der Waals surface area contributed by atoms with Gasteiger partial charge in [0.15, 0.2) is 0 Å². The van der Waals surface area contributed by atoms with Gasteiger partial charge >= 0.3 is 0 Å². The molecule has 1 aliphatic rings. The summed E-state index contributed by atoms with van der Waals surface area (Å²) in [5.41, 5.74) is 6.03. The Labute approximate surface area is 105 Å². The molecule has 0 bridgehead atoms. The number of hydrogen-bond acceptors (Lipinski definition) is 3. The Morgan fingerprint density at radius 2 is 1.89 bits per heavy atom. The van der Waals surface area contributed by atoms with Crippen LogP contribution in [0.15, 0.2) is 24.3 Å². The van der Waals surface area contributed by atoms with Gasteiger partial charge in [0.2, 0.25) is 5.91 Å². The third kappa shape index (κ3) is 2.36. The molecule has 2 rings (SSSR count). The second-order valence-corrected chi connectivity index (χ2v) is 4.42. The Kier molecular flexibility index (Phi) is 3.62. The number of aliphatic hydroxyl groups excluding tert-OH is 1. The molecule has 2 amide bonds. The van der Waals surface area contributed by atoms with E-state index in [9.17, 15) is 14.7 Å². The van der Waals surface area contributed by atoms with Gasteiger partial charge in [-0.05, 0) is 37.1 Å². The minimum absolute atomic E-state index is 0.00882. The Hall–Kier alpha value is -1.88. The fourth-order valence-corrected chi connectivity index (χ4v) is 2.24. The van der Waals surface area contributed by atoms with Crippen LogP contribution in [0.4, 0.5) is 0 Å². The van der Waals surface area contributed by atoms with E-state index in [4.69, 9.17) is 5.73 Å². The summed E-state index contributed by atoms with van der Waals surface area (Å²) in [6.45, 7) is 0.659. The van der Waals surface area contributed by atoms with Gasteiger partial charge in [0.25, 0.3) is 5.91 Å². The highest BCUT2D eigenvalue weighted by Crippen LogP contribution is 2.19. The monoisotopic (exact) mass is 248 g/mol. The van der Waals surface area contributed by atoms with Gasteiger partial charge in [-0.25, -0.2) is 0 Å². The smallest absolute Gasteiger partial charge is 0.254 e. The number of amides is 2. The molecule has 18 heavy (non-hydrogen) atoms. The van der Waals surface area contributed by atoms with Crippen LogP contribution in [-0.2, 0) is 0 Å². The molecule has 0 saturated carbocycles. The first-order valence-corrected chi connectivity index (χ1v) is 5.95. The molecule has 1 atom stereocenters. The van der Waals surface area contributed by atoms with E-state index in [1.807, 2.05) is 0 Å². The minimum Gasteiger partial charge on any atom is -0.394 e. The molecule has 0 aliphatic carbocycles. The number of hydrogen-bond donors (Lipinski definition) is 2. The van der Waals surface area contributed by atoms with E-state index in [-0.39, 0.29) is 18.6 Å². The number of likely N-dealkylation sites (tertiary alicyclic amines) is 1. The van der Waals surface area contributed by atoms with Crippen molar-refractivity contribution >= 4 is 11.8 Å². The number of carbonyl (C=O) groups is 2. The summed E-state index contributed by atoms with van der Waals surface area (Å²) >= 11 is 0. The largest absolute Gasteiger partial charge is 0.394 e. The maximum atomic E-state index is 12.2. The Morgan fingerprint density at radius 1 is 1.28 bits per heavy atom. The van der Waals surface area contributed by atoms with E-state index in [0.717, 1.165) is 12.8 Å². The lowest BCUT2D eigenvalue weighted by atomic mass is 10.1. The van der Waals surface area contributed by atoms with E-state index in [1.54, 1.807) is 29.2 Å². The molecule has 0 spiro atoms. The van der Waals surface area contributed by atoms with Gasteiger partial charge in [-0.2, -0.15) is 0 Å². The second-order valence-electron chi connectivity index (χ2n) is 4.42. The summed E-state index contributed by atoms with van der Waals surface area (Å²) < 4.78 is 0. The Balaban J connectivity index is 2.16. The van der Waals surface area contributed by atoms with Crippen molar-refractivity contribution in [3.8, 4) is 0 Å². The lowest BCUT2D eigenvalue weighted by Crippen LogP contribution is -2.37. The van der Waals surface area contributed by atoms with Crippen LogP contribution >= 0.6 is 0 Å². The number of carbonyl (C=O) groups excluding carboxylic acids is 2. The average Bonchev–Trinajstić information content (AvgIpc) is 2.86. The molecule has 1 fully saturated rings. The normalized spacial score (nSPS) is 18.9. The van der Waals surface area contributed by atoms with Gasteiger partial charge in [-0.1, -0.05) is 0 Å². The summed E-state index contributed by atoms with van der Waals surface area (Å²) in [4.78, 5) is 24.8. The van der Waals surface area contributed by atoms with Crippen molar-refractivity contribution in [3.63, 3.8) is 0 Å².